The van der Waals surface area contributed by atoms with Gasteiger partial charge in [0, 0.05) is 6.07 Å². The minimum absolute atomic E-state index is 0.194. The quantitative estimate of drug-likeness (QED) is 0.731. The fourth-order valence-corrected chi connectivity index (χ4v) is 3.20. The number of rotatable bonds is 5. The van der Waals surface area contributed by atoms with Crippen LogP contribution in [0.2, 0.25) is 0 Å². The van der Waals surface area contributed by atoms with Gasteiger partial charge < -0.3 is 4.74 Å². The van der Waals surface area contributed by atoms with Gasteiger partial charge in [-0.1, -0.05) is 54.6 Å². The lowest BCUT2D eigenvalue weighted by molar-refractivity contribution is -0.720. The van der Waals surface area contributed by atoms with Crippen molar-refractivity contribution in [2.24, 2.45) is 4.99 Å². The van der Waals surface area contributed by atoms with Crippen LogP contribution in [0.1, 0.15) is 5.56 Å². The average molecular weight is 331 g/mol. The van der Waals surface area contributed by atoms with Gasteiger partial charge in [-0.25, -0.2) is 0 Å². The Morgan fingerprint density at radius 1 is 0.960 bits per heavy atom. The van der Waals surface area contributed by atoms with Gasteiger partial charge >= 0.3 is 5.97 Å². The van der Waals surface area contributed by atoms with Crippen LogP contribution in [0.5, 0.6) is 0 Å². The van der Waals surface area contributed by atoms with Crippen LogP contribution < -0.4 is 4.90 Å². The number of hydrogen-bond donors (Lipinski definition) is 1. The summed E-state index contributed by atoms with van der Waals surface area (Å²) in [5.41, 5.74) is 3.12. The number of ether oxygens (including phenoxy) is 1. The number of para-hydroxylation sites is 2. The molecule has 0 spiro atoms. The maximum atomic E-state index is 12.2. The van der Waals surface area contributed by atoms with Crippen molar-refractivity contribution < 1.29 is 14.4 Å². The Morgan fingerprint density at radius 3 is 2.72 bits per heavy atom. The van der Waals surface area contributed by atoms with Gasteiger partial charge in [-0.3, -0.25) is 9.69 Å². The summed E-state index contributed by atoms with van der Waals surface area (Å²) in [5, 5.41) is 2.25. The van der Waals surface area contributed by atoms with Crippen molar-refractivity contribution in [1.82, 2.24) is 0 Å². The van der Waals surface area contributed by atoms with E-state index in [9.17, 15) is 4.79 Å². The lowest BCUT2D eigenvalue weighted by Gasteiger charge is -2.11. The monoisotopic (exact) mass is 331 g/mol. The molecule has 1 aliphatic rings. The van der Waals surface area contributed by atoms with E-state index in [1.165, 1.54) is 0 Å². The van der Waals surface area contributed by atoms with E-state index in [1.54, 1.807) is 0 Å². The number of quaternary nitrogens is 1. The summed E-state index contributed by atoms with van der Waals surface area (Å²) in [4.78, 5) is 17.7. The molecule has 0 aromatic heterocycles. The number of benzene rings is 3. The zero-order valence-corrected chi connectivity index (χ0v) is 13.8. The predicted molar refractivity (Wildman–Crippen MR) is 98.7 cm³/mol. The summed E-state index contributed by atoms with van der Waals surface area (Å²) in [6.45, 7) is 1.06. The Balaban J connectivity index is 1.35. The molecule has 4 nitrogen and oxygen atoms in total. The molecule has 3 aromatic rings. The summed E-state index contributed by atoms with van der Waals surface area (Å²) in [5.74, 6) is -0.194. The van der Waals surface area contributed by atoms with E-state index in [0.717, 1.165) is 32.6 Å². The first-order chi connectivity index (χ1) is 12.3. The van der Waals surface area contributed by atoms with Gasteiger partial charge in [0.1, 0.15) is 18.8 Å². The molecule has 0 amide bonds. The molecule has 4 rings (SSSR count). The third-order valence-electron chi connectivity index (χ3n) is 4.46. The molecule has 1 aliphatic heterocycles. The first-order valence-corrected chi connectivity index (χ1v) is 8.43. The van der Waals surface area contributed by atoms with Crippen molar-refractivity contribution in [3.63, 3.8) is 0 Å². The number of aliphatic imine (C=N–C) groups is 1. The Hall–Kier alpha value is -2.98. The second-order valence-corrected chi connectivity index (χ2v) is 6.09. The fraction of sp³-hybridized carbons (Fsp3) is 0.143. The standard InChI is InChI=1S/C21H18N2O2/c24-21(14-17-8-5-7-16-6-1-2-9-18(16)17)25-13-12-23-15-22-19-10-3-4-11-20(19)23/h1-11,15H,12-14H2/p+1. The first-order valence-electron chi connectivity index (χ1n) is 8.43. The summed E-state index contributed by atoms with van der Waals surface area (Å²) >= 11 is 0. The molecular weight excluding hydrogens is 312 g/mol. The summed E-state index contributed by atoms with van der Waals surface area (Å²) in [6.07, 6.45) is 2.16. The first kappa shape index (κ1) is 15.5. The second kappa shape index (κ2) is 6.87. The van der Waals surface area contributed by atoms with E-state index in [2.05, 4.69) is 23.2 Å². The molecule has 3 aromatic carbocycles. The maximum Gasteiger partial charge on any atom is 0.310 e. The molecule has 0 aliphatic carbocycles. The van der Waals surface area contributed by atoms with Crippen LogP contribution in [-0.4, -0.2) is 25.5 Å². The van der Waals surface area contributed by atoms with Gasteiger partial charge in [0.05, 0.1) is 6.42 Å². The number of nitrogens with zero attached hydrogens (tertiary/aromatic N) is 1. The summed E-state index contributed by atoms with van der Waals surface area (Å²) in [7, 11) is 0. The lowest BCUT2D eigenvalue weighted by Crippen LogP contribution is -3.05. The minimum Gasteiger partial charge on any atom is -0.459 e. The molecule has 124 valence electrons. The molecule has 0 saturated heterocycles. The molecule has 0 radical (unpaired) electrons. The molecule has 0 bridgehead atoms. The smallest absolute Gasteiger partial charge is 0.310 e. The molecule has 0 fully saturated rings. The van der Waals surface area contributed by atoms with Crippen molar-refractivity contribution in [2.75, 3.05) is 13.2 Å². The number of fused-ring (bicyclic) bond motifs is 2. The highest BCUT2D eigenvalue weighted by Crippen LogP contribution is 2.22. The van der Waals surface area contributed by atoms with Crippen LogP contribution in [0.4, 0.5) is 11.4 Å². The highest BCUT2D eigenvalue weighted by atomic mass is 16.5. The van der Waals surface area contributed by atoms with Crippen LogP contribution in [0.3, 0.4) is 0 Å². The van der Waals surface area contributed by atoms with Gasteiger partial charge in [-0.05, 0) is 22.4 Å². The highest BCUT2D eigenvalue weighted by molar-refractivity contribution is 5.89. The Kier molecular flexibility index (Phi) is 4.27. The van der Waals surface area contributed by atoms with E-state index < -0.39 is 0 Å². The summed E-state index contributed by atoms with van der Waals surface area (Å²) in [6, 6.07) is 22.1. The van der Waals surface area contributed by atoms with Crippen molar-refractivity contribution in [1.29, 1.82) is 0 Å². The molecule has 1 atom stereocenters. The van der Waals surface area contributed by atoms with Crippen LogP contribution in [-0.2, 0) is 16.0 Å². The van der Waals surface area contributed by atoms with Gasteiger partial charge in [0.15, 0.2) is 12.0 Å². The van der Waals surface area contributed by atoms with Gasteiger partial charge in [-0.2, -0.15) is 4.99 Å². The van der Waals surface area contributed by atoms with Crippen LogP contribution in [0, 0.1) is 0 Å². The Bertz CT molecular complexity index is 944. The minimum atomic E-state index is -0.194. The third kappa shape index (κ3) is 3.30. The molecule has 1 heterocycles. The van der Waals surface area contributed by atoms with Crippen molar-refractivity contribution in [3.05, 3.63) is 72.3 Å². The second-order valence-electron chi connectivity index (χ2n) is 6.09. The maximum absolute atomic E-state index is 12.2. The average Bonchev–Trinajstić information content (AvgIpc) is 3.05. The number of carbonyl (C=O) groups excluding carboxylic acids is 1. The molecular formula is C21H19N2O2+. The number of nitrogens with one attached hydrogen (secondary N) is 1. The van der Waals surface area contributed by atoms with Gasteiger partial charge in [0.25, 0.3) is 0 Å². The zero-order valence-electron chi connectivity index (χ0n) is 13.8. The van der Waals surface area contributed by atoms with Crippen molar-refractivity contribution in [3.8, 4) is 0 Å². The van der Waals surface area contributed by atoms with E-state index in [-0.39, 0.29) is 5.97 Å². The molecule has 4 heteroatoms. The normalized spacial score (nSPS) is 15.3. The zero-order chi connectivity index (χ0) is 17.1. The number of esters is 1. The van der Waals surface area contributed by atoms with Crippen LogP contribution in [0.25, 0.3) is 10.8 Å². The lowest BCUT2D eigenvalue weighted by atomic mass is 10.0. The largest absolute Gasteiger partial charge is 0.459 e. The number of hydrogen-bond acceptors (Lipinski definition) is 3. The van der Waals surface area contributed by atoms with Crippen molar-refractivity contribution in [2.45, 2.75) is 6.42 Å². The highest BCUT2D eigenvalue weighted by Gasteiger charge is 2.20. The van der Waals surface area contributed by atoms with Crippen molar-refractivity contribution >= 4 is 34.5 Å². The SMILES string of the molecule is O=C(Cc1cccc2ccccc12)OCC[NH+]1C=Nc2ccccc21. The van der Waals surface area contributed by atoms with Crippen LogP contribution in [0.15, 0.2) is 71.7 Å². The topological polar surface area (TPSA) is 43.1 Å². The van der Waals surface area contributed by atoms with Gasteiger partial charge in [0.2, 0.25) is 0 Å². The summed E-state index contributed by atoms with van der Waals surface area (Å²) < 4.78 is 5.45. The van der Waals surface area contributed by atoms with Crippen LogP contribution >= 0.6 is 0 Å². The molecule has 25 heavy (non-hydrogen) atoms. The van der Waals surface area contributed by atoms with Gasteiger partial charge in [-0.15, -0.1) is 0 Å². The Morgan fingerprint density at radius 2 is 1.76 bits per heavy atom. The predicted octanol–water partition coefficient (Wildman–Crippen LogP) is 2.82. The Labute approximate surface area is 146 Å². The van der Waals surface area contributed by atoms with E-state index in [0.29, 0.717) is 19.6 Å². The van der Waals surface area contributed by atoms with E-state index in [4.69, 9.17) is 4.74 Å². The van der Waals surface area contributed by atoms with E-state index >= 15 is 0 Å². The number of carbonyl (C=O) groups is 1. The molecule has 1 N–H and O–H groups in total. The van der Waals surface area contributed by atoms with E-state index in [1.807, 2.05) is 54.9 Å². The molecule has 0 saturated carbocycles. The molecule has 1 unspecified atom stereocenters. The third-order valence-corrected chi connectivity index (χ3v) is 4.46. The fourth-order valence-electron chi connectivity index (χ4n) is 3.20.